The van der Waals surface area contributed by atoms with Crippen LogP contribution in [0, 0.1) is 5.82 Å². The van der Waals surface area contributed by atoms with Gasteiger partial charge in [-0.15, -0.1) is 0 Å². The first-order valence-corrected chi connectivity index (χ1v) is 11.4. The topological polar surface area (TPSA) is 81.3 Å². The normalized spacial score (nSPS) is 13.5. The van der Waals surface area contributed by atoms with Crippen molar-refractivity contribution >= 4 is 22.4 Å². The molecule has 0 radical (unpaired) electrons. The number of nitrogens with one attached hydrogen (secondary N) is 1. The van der Waals surface area contributed by atoms with Gasteiger partial charge in [-0.3, -0.25) is 18.7 Å². The molecule has 0 amide bonds. The van der Waals surface area contributed by atoms with Crippen molar-refractivity contribution in [2.75, 3.05) is 19.4 Å². The van der Waals surface area contributed by atoms with Gasteiger partial charge in [0.2, 0.25) is 0 Å². The van der Waals surface area contributed by atoms with Crippen LogP contribution in [0.4, 0.5) is 15.8 Å². The number of rotatable bonds is 6. The molecular formula is C26H26FN5O3. The van der Waals surface area contributed by atoms with E-state index in [9.17, 15) is 18.8 Å². The number of benzene rings is 2. The van der Waals surface area contributed by atoms with Crippen molar-refractivity contribution in [2.24, 2.45) is 7.05 Å². The van der Waals surface area contributed by atoms with Gasteiger partial charge in [0.15, 0.2) is 0 Å². The molecule has 4 aromatic rings. The third-order valence-electron chi connectivity index (χ3n) is 6.18. The Labute approximate surface area is 200 Å². The lowest BCUT2D eigenvalue weighted by atomic mass is 10.1. The van der Waals surface area contributed by atoms with Crippen LogP contribution in [0.3, 0.4) is 0 Å². The van der Waals surface area contributed by atoms with Crippen molar-refractivity contribution in [3.63, 3.8) is 0 Å². The number of fused-ring (bicyclic) bond motifs is 1. The summed E-state index contributed by atoms with van der Waals surface area (Å²) in [5, 5.41) is 3.11. The Hall–Kier alpha value is -3.98. The monoisotopic (exact) mass is 475 g/mol. The molecule has 2 heterocycles. The highest BCUT2D eigenvalue weighted by Crippen LogP contribution is 2.33. The molecule has 180 valence electrons. The highest BCUT2D eigenvalue weighted by molar-refractivity contribution is 5.91. The van der Waals surface area contributed by atoms with E-state index in [4.69, 9.17) is 0 Å². The van der Waals surface area contributed by atoms with Gasteiger partial charge in [-0.05, 0) is 56.8 Å². The van der Waals surface area contributed by atoms with E-state index in [1.807, 2.05) is 25.1 Å². The molecule has 1 saturated carbocycles. The van der Waals surface area contributed by atoms with E-state index in [0.717, 1.165) is 18.4 Å². The molecule has 2 aromatic heterocycles. The molecule has 0 aliphatic heterocycles. The first kappa shape index (κ1) is 22.8. The molecule has 5 rings (SSSR count). The van der Waals surface area contributed by atoms with Gasteiger partial charge in [0.05, 0.1) is 17.1 Å². The Morgan fingerprint density at radius 2 is 1.71 bits per heavy atom. The van der Waals surface area contributed by atoms with Crippen molar-refractivity contribution in [1.82, 2.24) is 18.6 Å². The van der Waals surface area contributed by atoms with Gasteiger partial charge in [-0.2, -0.15) is 0 Å². The SMILES string of the molecule is CN(C)Cc1ccc(Nc2cc(=O)n(C)c3c2c(=O)n(C2CC2)c(=O)n3-c2ccccc2)c(F)c1. The predicted molar refractivity (Wildman–Crippen MR) is 134 cm³/mol. The molecule has 1 N–H and O–H groups in total. The zero-order chi connectivity index (χ0) is 24.9. The molecule has 1 fully saturated rings. The summed E-state index contributed by atoms with van der Waals surface area (Å²) in [6, 6.07) is 14.8. The van der Waals surface area contributed by atoms with Gasteiger partial charge in [0.25, 0.3) is 11.1 Å². The second-order valence-electron chi connectivity index (χ2n) is 9.19. The maximum Gasteiger partial charge on any atom is 0.337 e. The van der Waals surface area contributed by atoms with E-state index in [0.29, 0.717) is 12.2 Å². The summed E-state index contributed by atoms with van der Waals surface area (Å²) in [4.78, 5) is 42.0. The lowest BCUT2D eigenvalue weighted by Crippen LogP contribution is -2.41. The highest BCUT2D eigenvalue weighted by atomic mass is 19.1. The Morgan fingerprint density at radius 3 is 2.34 bits per heavy atom. The van der Waals surface area contributed by atoms with E-state index >= 15 is 0 Å². The molecule has 2 aromatic carbocycles. The predicted octanol–water partition coefficient (Wildman–Crippen LogP) is 3.13. The van der Waals surface area contributed by atoms with E-state index in [1.54, 1.807) is 36.4 Å². The fourth-order valence-corrected chi connectivity index (χ4v) is 4.39. The molecular weight excluding hydrogens is 449 g/mol. The smallest absolute Gasteiger partial charge is 0.337 e. The standard InChI is InChI=1S/C26H26FN5O3/c1-29(2)15-16-9-12-20(19(27)13-16)28-21-14-22(33)30(3)24-23(21)25(34)32(18-10-11-18)26(35)31(24)17-7-5-4-6-8-17/h4-9,12-14,18,28H,10-11,15H2,1-3H3. The summed E-state index contributed by atoms with van der Waals surface area (Å²) < 4.78 is 18.9. The molecule has 9 heteroatoms. The minimum atomic E-state index is -0.503. The van der Waals surface area contributed by atoms with Gasteiger partial charge in [-0.1, -0.05) is 24.3 Å². The minimum absolute atomic E-state index is 0.136. The Morgan fingerprint density at radius 1 is 1.00 bits per heavy atom. The quantitative estimate of drug-likeness (QED) is 0.464. The van der Waals surface area contributed by atoms with Crippen LogP contribution in [0.15, 0.2) is 69.0 Å². The number of anilines is 2. The second-order valence-corrected chi connectivity index (χ2v) is 9.19. The van der Waals surface area contributed by atoms with Crippen molar-refractivity contribution < 1.29 is 4.39 Å². The largest absolute Gasteiger partial charge is 0.352 e. The van der Waals surface area contributed by atoms with Crippen LogP contribution in [0.5, 0.6) is 0 Å². The van der Waals surface area contributed by atoms with Crippen molar-refractivity contribution in [1.29, 1.82) is 0 Å². The molecule has 1 aliphatic rings. The fraction of sp³-hybridized carbons (Fsp3) is 0.269. The van der Waals surface area contributed by atoms with Gasteiger partial charge in [-0.25, -0.2) is 13.8 Å². The molecule has 0 unspecified atom stereocenters. The first-order chi connectivity index (χ1) is 16.8. The molecule has 0 spiro atoms. The molecule has 0 atom stereocenters. The zero-order valence-electron chi connectivity index (χ0n) is 19.8. The number of aryl methyl sites for hydroxylation is 1. The fourth-order valence-electron chi connectivity index (χ4n) is 4.39. The molecule has 0 saturated heterocycles. The maximum atomic E-state index is 15.0. The van der Waals surface area contributed by atoms with Crippen molar-refractivity contribution in [2.45, 2.75) is 25.4 Å². The summed E-state index contributed by atoms with van der Waals surface area (Å²) in [6.07, 6.45) is 1.46. The lowest BCUT2D eigenvalue weighted by Gasteiger charge is -2.19. The number of pyridine rings is 1. The highest BCUT2D eigenvalue weighted by Gasteiger charge is 2.31. The average Bonchev–Trinajstić information content (AvgIpc) is 3.64. The number of halogens is 1. The molecule has 0 bridgehead atoms. The van der Waals surface area contributed by atoms with E-state index in [-0.39, 0.29) is 28.5 Å². The third-order valence-corrected chi connectivity index (χ3v) is 6.18. The maximum absolute atomic E-state index is 15.0. The van der Waals surface area contributed by atoms with Crippen LogP contribution in [-0.2, 0) is 13.6 Å². The van der Waals surface area contributed by atoms with E-state index in [1.165, 1.54) is 32.9 Å². The van der Waals surface area contributed by atoms with Crippen LogP contribution in [-0.4, -0.2) is 32.7 Å². The Bertz CT molecular complexity index is 1620. The van der Waals surface area contributed by atoms with E-state index < -0.39 is 22.6 Å². The van der Waals surface area contributed by atoms with E-state index in [2.05, 4.69) is 5.32 Å². The number of nitrogens with zero attached hydrogens (tertiary/aromatic N) is 4. The van der Waals surface area contributed by atoms with Crippen LogP contribution in [0.25, 0.3) is 16.7 Å². The van der Waals surface area contributed by atoms with Crippen LogP contribution in [0.1, 0.15) is 24.4 Å². The van der Waals surface area contributed by atoms with Crippen LogP contribution in [0.2, 0.25) is 0 Å². The average molecular weight is 476 g/mol. The van der Waals surface area contributed by atoms with Crippen LogP contribution >= 0.6 is 0 Å². The molecule has 35 heavy (non-hydrogen) atoms. The number of para-hydroxylation sites is 1. The summed E-state index contributed by atoms with van der Waals surface area (Å²) in [6.45, 7) is 0.571. The lowest BCUT2D eigenvalue weighted by molar-refractivity contribution is 0.401. The second kappa shape index (κ2) is 8.66. The van der Waals surface area contributed by atoms with Gasteiger partial charge < -0.3 is 10.2 Å². The van der Waals surface area contributed by atoms with Gasteiger partial charge >= 0.3 is 5.69 Å². The van der Waals surface area contributed by atoms with Crippen molar-refractivity contribution in [3.05, 3.63) is 97.2 Å². The van der Waals surface area contributed by atoms with Gasteiger partial charge in [0, 0.05) is 25.7 Å². The molecule has 1 aliphatic carbocycles. The molecule has 8 nitrogen and oxygen atoms in total. The number of hydrogen-bond acceptors (Lipinski definition) is 5. The Kier molecular flexibility index (Phi) is 5.64. The number of hydrogen-bond donors (Lipinski definition) is 1. The third kappa shape index (κ3) is 4.08. The zero-order valence-corrected chi connectivity index (χ0v) is 19.8. The summed E-state index contributed by atoms with van der Waals surface area (Å²) >= 11 is 0. The van der Waals surface area contributed by atoms with Gasteiger partial charge in [0.1, 0.15) is 16.9 Å². The van der Waals surface area contributed by atoms with Crippen LogP contribution < -0.4 is 22.1 Å². The summed E-state index contributed by atoms with van der Waals surface area (Å²) in [7, 11) is 5.31. The van der Waals surface area contributed by atoms with Crippen molar-refractivity contribution in [3.8, 4) is 5.69 Å². The summed E-state index contributed by atoms with van der Waals surface area (Å²) in [5.41, 5.74) is 0.345. The first-order valence-electron chi connectivity index (χ1n) is 11.4. The Balaban J connectivity index is 1.79. The number of aromatic nitrogens is 3. The summed E-state index contributed by atoms with van der Waals surface area (Å²) in [5.74, 6) is -0.503. The minimum Gasteiger partial charge on any atom is -0.352 e.